The van der Waals surface area contributed by atoms with Crippen LogP contribution in [0.1, 0.15) is 25.3 Å². The summed E-state index contributed by atoms with van der Waals surface area (Å²) in [5.74, 6) is 0.213. The maximum absolute atomic E-state index is 13.4. The SMILES string of the molecule is COCOc1ccc(C(C)C)cc1F. The molecule has 3 heteroatoms. The molecule has 0 aliphatic rings. The molecule has 1 aromatic carbocycles. The molecule has 78 valence electrons. The van der Waals surface area contributed by atoms with Crippen molar-refractivity contribution in [3.63, 3.8) is 0 Å². The average Bonchev–Trinajstić information content (AvgIpc) is 2.15. The van der Waals surface area contributed by atoms with Crippen LogP contribution < -0.4 is 4.74 Å². The highest BCUT2D eigenvalue weighted by Gasteiger charge is 2.06. The quantitative estimate of drug-likeness (QED) is 0.692. The van der Waals surface area contributed by atoms with E-state index in [1.165, 1.54) is 13.2 Å². The van der Waals surface area contributed by atoms with Crippen molar-refractivity contribution in [3.8, 4) is 5.75 Å². The Balaban J connectivity index is 2.79. The number of ether oxygens (including phenoxy) is 2. The predicted octanol–water partition coefficient (Wildman–Crippen LogP) is 2.93. The molecule has 0 radical (unpaired) electrons. The summed E-state index contributed by atoms with van der Waals surface area (Å²) in [5.41, 5.74) is 0.965. The molecule has 0 fully saturated rings. The van der Waals surface area contributed by atoms with Gasteiger partial charge >= 0.3 is 0 Å². The van der Waals surface area contributed by atoms with Crippen molar-refractivity contribution < 1.29 is 13.9 Å². The minimum Gasteiger partial charge on any atom is -0.464 e. The maximum Gasteiger partial charge on any atom is 0.188 e. The Morgan fingerprint density at radius 2 is 2.07 bits per heavy atom. The normalized spacial score (nSPS) is 10.6. The van der Waals surface area contributed by atoms with E-state index in [1.54, 1.807) is 6.07 Å². The lowest BCUT2D eigenvalue weighted by molar-refractivity contribution is 0.0482. The van der Waals surface area contributed by atoms with Gasteiger partial charge in [-0.2, -0.15) is 0 Å². The van der Waals surface area contributed by atoms with Crippen LogP contribution in [0.15, 0.2) is 18.2 Å². The molecular formula is C11H15FO2. The fourth-order valence-electron chi connectivity index (χ4n) is 1.12. The Hall–Kier alpha value is -1.09. The molecule has 0 atom stereocenters. The molecule has 0 aromatic heterocycles. The van der Waals surface area contributed by atoms with Crippen molar-refractivity contribution in [1.82, 2.24) is 0 Å². The van der Waals surface area contributed by atoms with E-state index in [9.17, 15) is 4.39 Å². The topological polar surface area (TPSA) is 18.5 Å². The zero-order chi connectivity index (χ0) is 10.6. The van der Waals surface area contributed by atoms with Crippen molar-refractivity contribution >= 4 is 0 Å². The third-order valence-corrected chi connectivity index (χ3v) is 1.95. The molecule has 0 aliphatic heterocycles. The van der Waals surface area contributed by atoms with Crippen molar-refractivity contribution in [2.24, 2.45) is 0 Å². The Morgan fingerprint density at radius 1 is 1.36 bits per heavy atom. The maximum atomic E-state index is 13.4. The summed E-state index contributed by atoms with van der Waals surface area (Å²) in [6, 6.07) is 4.98. The van der Waals surface area contributed by atoms with Gasteiger partial charge < -0.3 is 9.47 Å². The number of halogens is 1. The van der Waals surface area contributed by atoms with Crippen molar-refractivity contribution in [3.05, 3.63) is 29.6 Å². The summed E-state index contributed by atoms with van der Waals surface area (Å²) in [6.45, 7) is 4.10. The first kappa shape index (κ1) is 11.0. The van der Waals surface area contributed by atoms with Gasteiger partial charge in [0.25, 0.3) is 0 Å². The first-order valence-electron chi connectivity index (χ1n) is 4.56. The molecule has 0 saturated heterocycles. The van der Waals surface area contributed by atoms with Crippen LogP contribution in [0.4, 0.5) is 4.39 Å². The van der Waals surface area contributed by atoms with Crippen LogP contribution in [0.3, 0.4) is 0 Å². The van der Waals surface area contributed by atoms with Crippen LogP contribution in [-0.4, -0.2) is 13.9 Å². The van der Waals surface area contributed by atoms with Gasteiger partial charge in [0.1, 0.15) is 0 Å². The highest BCUT2D eigenvalue weighted by atomic mass is 19.1. The second-order valence-electron chi connectivity index (χ2n) is 3.40. The van der Waals surface area contributed by atoms with E-state index in [0.29, 0.717) is 5.92 Å². The van der Waals surface area contributed by atoms with Gasteiger partial charge in [0.05, 0.1) is 0 Å². The summed E-state index contributed by atoms with van der Waals surface area (Å²) in [6.07, 6.45) is 0. The van der Waals surface area contributed by atoms with Gasteiger partial charge in [-0.25, -0.2) is 4.39 Å². The highest BCUT2D eigenvalue weighted by molar-refractivity contribution is 5.30. The molecule has 0 aliphatic carbocycles. The second-order valence-corrected chi connectivity index (χ2v) is 3.40. The van der Waals surface area contributed by atoms with Crippen molar-refractivity contribution in [1.29, 1.82) is 0 Å². The summed E-state index contributed by atoms with van der Waals surface area (Å²) >= 11 is 0. The molecule has 0 amide bonds. The molecular weight excluding hydrogens is 183 g/mol. The zero-order valence-electron chi connectivity index (χ0n) is 8.71. The summed E-state index contributed by atoms with van der Waals surface area (Å²) in [7, 11) is 1.50. The monoisotopic (exact) mass is 198 g/mol. The Bertz CT molecular complexity index is 297. The molecule has 0 saturated carbocycles. The minimum atomic E-state index is -0.340. The van der Waals surface area contributed by atoms with Crippen molar-refractivity contribution in [2.45, 2.75) is 19.8 Å². The summed E-state index contributed by atoms with van der Waals surface area (Å²) in [5, 5.41) is 0. The van der Waals surface area contributed by atoms with Gasteiger partial charge in [0, 0.05) is 7.11 Å². The fourth-order valence-corrected chi connectivity index (χ4v) is 1.12. The fraction of sp³-hybridized carbons (Fsp3) is 0.455. The van der Waals surface area contributed by atoms with Gasteiger partial charge in [0.2, 0.25) is 0 Å². The first-order valence-corrected chi connectivity index (χ1v) is 4.56. The van der Waals surface area contributed by atoms with Gasteiger partial charge in [-0.1, -0.05) is 19.9 Å². The largest absolute Gasteiger partial charge is 0.464 e. The Kier molecular flexibility index (Phi) is 3.89. The lowest BCUT2D eigenvalue weighted by atomic mass is 10.0. The smallest absolute Gasteiger partial charge is 0.188 e. The molecule has 0 N–H and O–H groups in total. The Labute approximate surface area is 83.6 Å². The van der Waals surface area contributed by atoms with E-state index in [-0.39, 0.29) is 18.4 Å². The van der Waals surface area contributed by atoms with E-state index < -0.39 is 0 Å². The van der Waals surface area contributed by atoms with Crippen LogP contribution in [0.25, 0.3) is 0 Å². The number of hydrogen-bond donors (Lipinski definition) is 0. The molecule has 1 aromatic rings. The lowest BCUT2D eigenvalue weighted by Crippen LogP contribution is -2.01. The molecule has 14 heavy (non-hydrogen) atoms. The number of methoxy groups -OCH3 is 1. The van der Waals surface area contributed by atoms with E-state index in [0.717, 1.165) is 5.56 Å². The summed E-state index contributed by atoms with van der Waals surface area (Å²) < 4.78 is 23.1. The lowest BCUT2D eigenvalue weighted by Gasteiger charge is -2.09. The standard InChI is InChI=1S/C11H15FO2/c1-8(2)9-4-5-11(10(12)6-9)14-7-13-3/h4-6,8H,7H2,1-3H3. The van der Waals surface area contributed by atoms with Crippen LogP contribution in [0.2, 0.25) is 0 Å². The Morgan fingerprint density at radius 3 is 2.57 bits per heavy atom. The third-order valence-electron chi connectivity index (χ3n) is 1.95. The second kappa shape index (κ2) is 4.96. The molecule has 0 bridgehead atoms. The van der Waals surface area contributed by atoms with Gasteiger partial charge in [-0.15, -0.1) is 0 Å². The van der Waals surface area contributed by atoms with Crippen LogP contribution in [-0.2, 0) is 4.74 Å². The van der Waals surface area contributed by atoms with Gasteiger partial charge in [0.15, 0.2) is 18.4 Å². The van der Waals surface area contributed by atoms with E-state index in [2.05, 4.69) is 4.74 Å². The molecule has 0 spiro atoms. The van der Waals surface area contributed by atoms with E-state index in [1.807, 2.05) is 19.9 Å². The van der Waals surface area contributed by atoms with Crippen molar-refractivity contribution in [2.75, 3.05) is 13.9 Å². The molecule has 0 heterocycles. The number of hydrogen-bond acceptors (Lipinski definition) is 2. The number of benzene rings is 1. The average molecular weight is 198 g/mol. The zero-order valence-corrected chi connectivity index (χ0v) is 8.71. The van der Waals surface area contributed by atoms with Crippen LogP contribution in [0.5, 0.6) is 5.75 Å². The summed E-state index contributed by atoms with van der Waals surface area (Å²) in [4.78, 5) is 0. The number of rotatable bonds is 4. The molecule has 2 nitrogen and oxygen atoms in total. The highest BCUT2D eigenvalue weighted by Crippen LogP contribution is 2.22. The van der Waals surface area contributed by atoms with E-state index >= 15 is 0 Å². The first-order chi connectivity index (χ1) is 6.65. The minimum absolute atomic E-state index is 0.0674. The molecule has 0 unspecified atom stereocenters. The van der Waals surface area contributed by atoms with Crippen LogP contribution >= 0.6 is 0 Å². The third kappa shape index (κ3) is 2.70. The predicted molar refractivity (Wildman–Crippen MR) is 53.0 cm³/mol. The van der Waals surface area contributed by atoms with E-state index in [4.69, 9.17) is 4.74 Å². The molecule has 1 rings (SSSR count). The van der Waals surface area contributed by atoms with Gasteiger partial charge in [-0.3, -0.25) is 0 Å². The van der Waals surface area contributed by atoms with Gasteiger partial charge in [-0.05, 0) is 23.6 Å². The van der Waals surface area contributed by atoms with Crippen LogP contribution in [0, 0.1) is 5.82 Å².